The first kappa shape index (κ1) is 10.8. The second-order valence-corrected chi connectivity index (χ2v) is 5.75. The van der Waals surface area contributed by atoms with Gasteiger partial charge in [0.1, 0.15) is 10.5 Å². The summed E-state index contributed by atoms with van der Waals surface area (Å²) < 4.78 is 26.1. The van der Waals surface area contributed by atoms with E-state index in [2.05, 4.69) is 14.7 Å². The average Bonchev–Trinajstić information content (AvgIpc) is 2.66. The van der Waals surface area contributed by atoms with Gasteiger partial charge in [0, 0.05) is 11.1 Å². The fourth-order valence-corrected chi connectivity index (χ4v) is 3.14. The molecule has 3 N–H and O–H groups in total. The number of hydrogen-bond donors (Lipinski definition) is 2. The lowest BCUT2D eigenvalue weighted by Crippen LogP contribution is -2.11. The molecular formula is C8H8N4O2S2. The Morgan fingerprint density at radius 3 is 2.56 bits per heavy atom. The van der Waals surface area contributed by atoms with Crippen molar-refractivity contribution in [2.45, 2.75) is 4.21 Å². The van der Waals surface area contributed by atoms with Crippen LogP contribution in [0.15, 0.2) is 34.4 Å². The van der Waals surface area contributed by atoms with E-state index < -0.39 is 10.0 Å². The maximum atomic E-state index is 11.8. The molecule has 0 aliphatic carbocycles. The molecule has 6 nitrogen and oxygen atoms in total. The normalized spacial score (nSPS) is 11.2. The van der Waals surface area contributed by atoms with Crippen LogP contribution in [-0.2, 0) is 10.0 Å². The van der Waals surface area contributed by atoms with E-state index in [0.29, 0.717) is 11.4 Å². The van der Waals surface area contributed by atoms with Crippen molar-refractivity contribution in [1.29, 1.82) is 0 Å². The summed E-state index contributed by atoms with van der Waals surface area (Å²) in [6.07, 6.45) is 4.07. The Hall–Kier alpha value is -1.67. The minimum Gasteiger partial charge on any atom is -0.398 e. The standard InChI is InChI=1S/C8H8N4O2S2/c9-6-1-8(15-4-6)16(13,14)12-7-2-10-5-11-3-7/h1-5,12H,9H2. The van der Waals surface area contributed by atoms with Gasteiger partial charge in [-0.3, -0.25) is 4.72 Å². The molecule has 0 amide bonds. The topological polar surface area (TPSA) is 98.0 Å². The van der Waals surface area contributed by atoms with E-state index in [0.717, 1.165) is 11.3 Å². The summed E-state index contributed by atoms with van der Waals surface area (Å²) in [6, 6.07) is 1.40. The molecule has 0 saturated carbocycles. The van der Waals surface area contributed by atoms with Crippen molar-refractivity contribution in [3.8, 4) is 0 Å². The summed E-state index contributed by atoms with van der Waals surface area (Å²) in [4.78, 5) is 7.42. The summed E-state index contributed by atoms with van der Waals surface area (Å²) in [6.45, 7) is 0. The third-order valence-corrected chi connectivity index (χ3v) is 4.51. The molecule has 0 aliphatic rings. The molecule has 0 aliphatic heterocycles. The molecule has 0 radical (unpaired) electrons. The fourth-order valence-electron chi connectivity index (χ4n) is 1.03. The van der Waals surface area contributed by atoms with E-state index in [4.69, 9.17) is 5.73 Å². The highest BCUT2D eigenvalue weighted by atomic mass is 32.2. The number of aromatic nitrogens is 2. The number of thiophene rings is 1. The van der Waals surface area contributed by atoms with Crippen LogP contribution in [0, 0.1) is 0 Å². The zero-order valence-corrected chi connectivity index (χ0v) is 9.62. The quantitative estimate of drug-likeness (QED) is 0.851. The van der Waals surface area contributed by atoms with Crippen LogP contribution in [0.2, 0.25) is 0 Å². The Kier molecular flexibility index (Phi) is 2.75. The predicted octanol–water partition coefficient (Wildman–Crippen LogP) is 0.921. The number of sulfonamides is 1. The van der Waals surface area contributed by atoms with Gasteiger partial charge in [0.25, 0.3) is 10.0 Å². The smallest absolute Gasteiger partial charge is 0.271 e. The van der Waals surface area contributed by atoms with Gasteiger partial charge < -0.3 is 5.73 Å². The average molecular weight is 256 g/mol. The number of nitrogens with two attached hydrogens (primary N) is 1. The van der Waals surface area contributed by atoms with Gasteiger partial charge in [0.2, 0.25) is 0 Å². The maximum Gasteiger partial charge on any atom is 0.271 e. The van der Waals surface area contributed by atoms with Crippen molar-refractivity contribution in [2.75, 3.05) is 10.5 Å². The Labute approximate surface area is 96.2 Å². The molecule has 0 saturated heterocycles. The summed E-state index contributed by atoms with van der Waals surface area (Å²) >= 11 is 1.06. The zero-order valence-electron chi connectivity index (χ0n) is 7.99. The van der Waals surface area contributed by atoms with Gasteiger partial charge >= 0.3 is 0 Å². The molecule has 8 heteroatoms. The lowest BCUT2D eigenvalue weighted by Gasteiger charge is -2.03. The molecule has 2 heterocycles. The van der Waals surface area contributed by atoms with Crippen LogP contribution in [0.5, 0.6) is 0 Å². The predicted molar refractivity (Wildman–Crippen MR) is 61.6 cm³/mol. The van der Waals surface area contributed by atoms with E-state index in [-0.39, 0.29) is 4.21 Å². The molecule has 2 aromatic rings. The molecule has 84 valence electrons. The van der Waals surface area contributed by atoms with Crippen LogP contribution in [0.4, 0.5) is 11.4 Å². The SMILES string of the molecule is Nc1csc(S(=O)(=O)Nc2cncnc2)c1. The van der Waals surface area contributed by atoms with Gasteiger partial charge in [-0.25, -0.2) is 18.4 Å². The lowest BCUT2D eigenvalue weighted by atomic mass is 10.6. The van der Waals surface area contributed by atoms with Crippen molar-refractivity contribution >= 4 is 32.7 Å². The van der Waals surface area contributed by atoms with Crippen LogP contribution in [0.1, 0.15) is 0 Å². The molecule has 0 spiro atoms. The Bertz CT molecular complexity index is 579. The van der Waals surface area contributed by atoms with Crippen LogP contribution in [0.25, 0.3) is 0 Å². The number of anilines is 2. The molecular weight excluding hydrogens is 248 g/mol. The molecule has 0 bridgehead atoms. The van der Waals surface area contributed by atoms with Gasteiger partial charge in [-0.15, -0.1) is 11.3 Å². The van der Waals surface area contributed by atoms with E-state index in [1.54, 1.807) is 5.38 Å². The molecule has 0 atom stereocenters. The van der Waals surface area contributed by atoms with E-state index in [1.165, 1.54) is 24.8 Å². The van der Waals surface area contributed by atoms with Crippen LogP contribution in [0.3, 0.4) is 0 Å². The zero-order chi connectivity index (χ0) is 11.6. The monoisotopic (exact) mass is 256 g/mol. The van der Waals surface area contributed by atoms with Crippen molar-refractivity contribution in [1.82, 2.24) is 9.97 Å². The van der Waals surface area contributed by atoms with Crippen LogP contribution in [-0.4, -0.2) is 18.4 Å². The number of hydrogen-bond acceptors (Lipinski definition) is 6. The van der Waals surface area contributed by atoms with Gasteiger partial charge in [0.05, 0.1) is 18.1 Å². The van der Waals surface area contributed by atoms with Gasteiger partial charge in [0.15, 0.2) is 0 Å². The second-order valence-electron chi connectivity index (χ2n) is 2.93. The van der Waals surface area contributed by atoms with E-state index in [9.17, 15) is 8.42 Å². The van der Waals surface area contributed by atoms with Gasteiger partial charge in [-0.2, -0.15) is 0 Å². The van der Waals surface area contributed by atoms with Crippen molar-refractivity contribution in [3.05, 3.63) is 30.2 Å². The third-order valence-electron chi connectivity index (χ3n) is 1.67. The fraction of sp³-hybridized carbons (Fsp3) is 0. The number of nitrogens with one attached hydrogen (secondary N) is 1. The van der Waals surface area contributed by atoms with E-state index >= 15 is 0 Å². The van der Waals surface area contributed by atoms with Crippen molar-refractivity contribution in [3.63, 3.8) is 0 Å². The van der Waals surface area contributed by atoms with Crippen LogP contribution >= 0.6 is 11.3 Å². The Morgan fingerprint density at radius 1 is 1.31 bits per heavy atom. The maximum absolute atomic E-state index is 11.8. The number of rotatable bonds is 3. The van der Waals surface area contributed by atoms with E-state index in [1.807, 2.05) is 0 Å². The summed E-state index contributed by atoms with van der Waals surface area (Å²) in [5, 5.41) is 1.57. The molecule has 0 aromatic carbocycles. The Balaban J connectivity index is 2.28. The number of nitrogens with zero attached hydrogens (tertiary/aromatic N) is 2. The first-order valence-corrected chi connectivity index (χ1v) is 6.56. The third kappa shape index (κ3) is 2.28. The highest BCUT2D eigenvalue weighted by Crippen LogP contribution is 2.23. The highest BCUT2D eigenvalue weighted by molar-refractivity contribution is 7.94. The first-order chi connectivity index (χ1) is 7.58. The minimum atomic E-state index is -3.58. The first-order valence-electron chi connectivity index (χ1n) is 4.20. The largest absolute Gasteiger partial charge is 0.398 e. The highest BCUT2D eigenvalue weighted by Gasteiger charge is 2.16. The summed E-state index contributed by atoms with van der Waals surface area (Å²) in [7, 11) is -3.58. The minimum absolute atomic E-state index is 0.161. The van der Waals surface area contributed by atoms with Crippen LogP contribution < -0.4 is 10.5 Å². The second kappa shape index (κ2) is 4.06. The molecule has 0 fully saturated rings. The Morgan fingerprint density at radius 2 is 2.00 bits per heavy atom. The van der Waals surface area contributed by atoms with Gasteiger partial charge in [-0.1, -0.05) is 0 Å². The summed E-state index contributed by atoms with van der Waals surface area (Å²) in [5.74, 6) is 0. The number of nitrogen functional groups attached to an aromatic ring is 1. The molecule has 2 rings (SSSR count). The van der Waals surface area contributed by atoms with Gasteiger partial charge in [-0.05, 0) is 6.07 Å². The molecule has 16 heavy (non-hydrogen) atoms. The van der Waals surface area contributed by atoms with Crippen molar-refractivity contribution in [2.24, 2.45) is 0 Å². The lowest BCUT2D eigenvalue weighted by molar-refractivity contribution is 0.603. The molecule has 2 aromatic heterocycles. The van der Waals surface area contributed by atoms with Crippen molar-refractivity contribution < 1.29 is 8.42 Å². The summed E-state index contributed by atoms with van der Waals surface area (Å²) in [5.41, 5.74) is 6.20. The molecule has 0 unspecified atom stereocenters.